The number of rotatable bonds is 5. The number of nitrogens with zero attached hydrogens (tertiary/aromatic N) is 6. The highest BCUT2D eigenvalue weighted by Gasteiger charge is 2.15. The third-order valence-corrected chi connectivity index (χ3v) is 4.23. The summed E-state index contributed by atoms with van der Waals surface area (Å²) in [5, 5.41) is 9.26. The van der Waals surface area contributed by atoms with Gasteiger partial charge in [0.15, 0.2) is 5.82 Å². The second-order valence-corrected chi connectivity index (χ2v) is 6.43. The molecule has 0 aliphatic heterocycles. The van der Waals surface area contributed by atoms with E-state index in [1.165, 1.54) is 0 Å². The molecule has 8 nitrogen and oxygen atoms in total. The fraction of sp³-hybridized carbons (Fsp3) is 0.0909. The van der Waals surface area contributed by atoms with Crippen molar-refractivity contribution in [2.45, 2.75) is 13.5 Å². The number of aromatic nitrogens is 5. The molecule has 0 unspecified atom stereocenters. The van der Waals surface area contributed by atoms with Gasteiger partial charge in [0, 0.05) is 48.5 Å². The summed E-state index contributed by atoms with van der Waals surface area (Å²) in [4.78, 5) is 21.9. The lowest BCUT2D eigenvalue weighted by Gasteiger charge is -2.11. The van der Waals surface area contributed by atoms with Crippen LogP contribution in [0.1, 0.15) is 17.0 Å². The van der Waals surface area contributed by atoms with Crippen LogP contribution in [0.25, 0.3) is 22.8 Å². The molecule has 2 N–H and O–H groups in total. The van der Waals surface area contributed by atoms with Crippen molar-refractivity contribution in [3.05, 3.63) is 78.0 Å². The van der Waals surface area contributed by atoms with Crippen LogP contribution in [-0.2, 0) is 6.54 Å². The fourth-order valence-corrected chi connectivity index (χ4v) is 2.80. The van der Waals surface area contributed by atoms with E-state index < -0.39 is 0 Å². The minimum absolute atomic E-state index is 0.225. The molecule has 0 fully saturated rings. The van der Waals surface area contributed by atoms with Crippen molar-refractivity contribution in [1.29, 1.82) is 5.26 Å². The first-order valence-electron chi connectivity index (χ1n) is 9.16. The number of hydrogen-bond acceptors (Lipinski definition) is 8. The highest BCUT2D eigenvalue weighted by Crippen LogP contribution is 2.31. The first-order valence-corrected chi connectivity index (χ1v) is 9.16. The van der Waals surface area contributed by atoms with Gasteiger partial charge in [-0.1, -0.05) is 6.07 Å². The molecule has 0 spiro atoms. The zero-order chi connectivity index (χ0) is 20.9. The van der Waals surface area contributed by atoms with Crippen LogP contribution < -0.4 is 10.5 Å². The molecule has 0 aliphatic rings. The van der Waals surface area contributed by atoms with Gasteiger partial charge in [-0.3, -0.25) is 9.97 Å². The molecule has 0 atom stereocenters. The second-order valence-electron chi connectivity index (χ2n) is 6.43. The average molecular weight is 395 g/mol. The van der Waals surface area contributed by atoms with Gasteiger partial charge in [0.2, 0.25) is 5.88 Å². The maximum absolute atomic E-state index is 9.26. The van der Waals surface area contributed by atoms with Crippen LogP contribution in [0.4, 0.5) is 0 Å². The SMILES string of the molecule is Cc1cc(Oc2nc(C#N)ccc2-c2ncc(CN)cn2)cc(-c2ccccn2)n1. The van der Waals surface area contributed by atoms with Crippen molar-refractivity contribution in [3.8, 4) is 40.5 Å². The third-order valence-electron chi connectivity index (χ3n) is 4.23. The molecule has 0 aromatic carbocycles. The van der Waals surface area contributed by atoms with Gasteiger partial charge in [-0.15, -0.1) is 0 Å². The molecule has 4 aromatic rings. The molecule has 146 valence electrons. The van der Waals surface area contributed by atoms with Crippen molar-refractivity contribution in [3.63, 3.8) is 0 Å². The molecule has 0 radical (unpaired) electrons. The highest BCUT2D eigenvalue weighted by atomic mass is 16.5. The first-order chi connectivity index (χ1) is 14.7. The largest absolute Gasteiger partial charge is 0.438 e. The van der Waals surface area contributed by atoms with E-state index in [1.807, 2.05) is 31.2 Å². The van der Waals surface area contributed by atoms with Crippen molar-refractivity contribution < 1.29 is 4.74 Å². The van der Waals surface area contributed by atoms with Crippen molar-refractivity contribution >= 4 is 0 Å². The summed E-state index contributed by atoms with van der Waals surface area (Å²) >= 11 is 0. The van der Waals surface area contributed by atoms with E-state index in [1.54, 1.807) is 42.9 Å². The van der Waals surface area contributed by atoms with Gasteiger partial charge in [0.25, 0.3) is 0 Å². The summed E-state index contributed by atoms with van der Waals surface area (Å²) in [6, 6.07) is 14.5. The molecule has 0 amide bonds. The zero-order valence-corrected chi connectivity index (χ0v) is 16.1. The van der Waals surface area contributed by atoms with Gasteiger partial charge in [-0.05, 0) is 31.2 Å². The van der Waals surface area contributed by atoms with Gasteiger partial charge < -0.3 is 10.5 Å². The molecule has 4 rings (SSSR count). The number of aryl methyl sites for hydroxylation is 1. The van der Waals surface area contributed by atoms with Crippen LogP contribution in [0, 0.1) is 18.3 Å². The topological polar surface area (TPSA) is 123 Å². The van der Waals surface area contributed by atoms with Crippen LogP contribution in [0.3, 0.4) is 0 Å². The number of nitriles is 1. The minimum Gasteiger partial charge on any atom is -0.438 e. The quantitative estimate of drug-likeness (QED) is 0.545. The Morgan fingerprint density at radius 3 is 2.53 bits per heavy atom. The van der Waals surface area contributed by atoms with Crippen molar-refractivity contribution in [2.24, 2.45) is 5.73 Å². The Balaban J connectivity index is 1.75. The van der Waals surface area contributed by atoms with E-state index in [0.29, 0.717) is 29.4 Å². The molecular weight excluding hydrogens is 378 g/mol. The molecule has 8 heteroatoms. The molecule has 0 aliphatic carbocycles. The Morgan fingerprint density at radius 2 is 1.83 bits per heavy atom. The van der Waals surface area contributed by atoms with E-state index in [9.17, 15) is 5.26 Å². The monoisotopic (exact) mass is 395 g/mol. The van der Waals surface area contributed by atoms with Crippen LogP contribution in [-0.4, -0.2) is 24.9 Å². The van der Waals surface area contributed by atoms with E-state index in [4.69, 9.17) is 10.5 Å². The van der Waals surface area contributed by atoms with E-state index in [-0.39, 0.29) is 11.6 Å². The van der Waals surface area contributed by atoms with Gasteiger partial charge in [-0.25, -0.2) is 15.0 Å². The van der Waals surface area contributed by atoms with E-state index in [2.05, 4.69) is 24.9 Å². The number of pyridine rings is 3. The van der Waals surface area contributed by atoms with Gasteiger partial charge >= 0.3 is 0 Å². The maximum atomic E-state index is 9.26. The first kappa shape index (κ1) is 19.1. The molecular formula is C22H17N7O. The van der Waals surface area contributed by atoms with Crippen molar-refractivity contribution in [2.75, 3.05) is 0 Å². The van der Waals surface area contributed by atoms with Crippen LogP contribution in [0.5, 0.6) is 11.6 Å². The standard InChI is InChI=1S/C22H17N7O/c1-14-8-17(9-20(28-14)19-4-2-3-7-25-19)30-22-18(6-5-16(11-24)29-22)21-26-12-15(10-23)13-27-21/h2-9,12-13H,10,23H2,1H3. The summed E-state index contributed by atoms with van der Waals surface area (Å²) in [5.41, 5.74) is 9.38. The predicted octanol–water partition coefficient (Wildman–Crippen LogP) is 3.43. The summed E-state index contributed by atoms with van der Waals surface area (Å²) < 4.78 is 6.07. The molecule has 30 heavy (non-hydrogen) atoms. The molecule has 4 aromatic heterocycles. The Bertz CT molecular complexity index is 1220. The van der Waals surface area contributed by atoms with Crippen LogP contribution in [0.2, 0.25) is 0 Å². The lowest BCUT2D eigenvalue weighted by Crippen LogP contribution is -2.01. The fourth-order valence-electron chi connectivity index (χ4n) is 2.80. The van der Waals surface area contributed by atoms with Gasteiger partial charge in [-0.2, -0.15) is 5.26 Å². The lowest BCUT2D eigenvalue weighted by molar-refractivity contribution is 0.463. The van der Waals surface area contributed by atoms with Crippen LogP contribution in [0.15, 0.2) is 61.1 Å². The Hall–Kier alpha value is -4.22. The average Bonchev–Trinajstić information content (AvgIpc) is 2.79. The van der Waals surface area contributed by atoms with Gasteiger partial charge in [0.1, 0.15) is 17.5 Å². The summed E-state index contributed by atoms with van der Waals surface area (Å²) in [6.45, 7) is 2.22. The van der Waals surface area contributed by atoms with Crippen molar-refractivity contribution in [1.82, 2.24) is 24.9 Å². The Labute approximate surface area is 173 Å². The number of ether oxygens (including phenoxy) is 1. The number of hydrogen-bond donors (Lipinski definition) is 1. The van der Waals surface area contributed by atoms with E-state index >= 15 is 0 Å². The Kier molecular flexibility index (Phi) is 5.37. The molecule has 4 heterocycles. The van der Waals surface area contributed by atoms with Gasteiger partial charge in [0.05, 0.1) is 17.0 Å². The Morgan fingerprint density at radius 1 is 1.00 bits per heavy atom. The summed E-state index contributed by atoms with van der Waals surface area (Å²) in [7, 11) is 0. The smallest absolute Gasteiger partial charge is 0.231 e. The normalized spacial score (nSPS) is 10.4. The lowest BCUT2D eigenvalue weighted by atomic mass is 10.2. The van der Waals surface area contributed by atoms with E-state index in [0.717, 1.165) is 17.0 Å². The highest BCUT2D eigenvalue weighted by molar-refractivity contribution is 5.63. The molecule has 0 bridgehead atoms. The summed E-state index contributed by atoms with van der Waals surface area (Å²) in [6.07, 6.45) is 5.01. The maximum Gasteiger partial charge on any atom is 0.231 e. The summed E-state index contributed by atoms with van der Waals surface area (Å²) in [5.74, 6) is 1.17. The second kappa shape index (κ2) is 8.43. The molecule has 0 saturated heterocycles. The van der Waals surface area contributed by atoms with Crippen LogP contribution >= 0.6 is 0 Å². The third kappa shape index (κ3) is 4.11. The number of nitrogens with two attached hydrogens (primary N) is 1. The molecule has 0 saturated carbocycles. The zero-order valence-electron chi connectivity index (χ0n) is 16.1. The minimum atomic E-state index is 0.225. The predicted molar refractivity (Wildman–Crippen MR) is 110 cm³/mol.